The Morgan fingerprint density at radius 1 is 1.16 bits per heavy atom. The van der Waals surface area contributed by atoms with Crippen molar-refractivity contribution >= 4 is 38.7 Å². The summed E-state index contributed by atoms with van der Waals surface area (Å²) in [6.45, 7) is 1.60. The molecule has 2 N–H and O–H groups in total. The number of carbonyl (C=O) groups excluding carboxylic acids is 2. The molecule has 2 heterocycles. The van der Waals surface area contributed by atoms with E-state index in [-0.39, 0.29) is 17.5 Å². The van der Waals surface area contributed by atoms with Gasteiger partial charge in [-0.3, -0.25) is 14.4 Å². The summed E-state index contributed by atoms with van der Waals surface area (Å²) >= 11 is 3.31. The Hall–Kier alpha value is -2.80. The highest BCUT2D eigenvalue weighted by Gasteiger charge is 2.18. The third kappa shape index (κ3) is 3.36. The third-order valence-electron chi connectivity index (χ3n) is 3.74. The van der Waals surface area contributed by atoms with Gasteiger partial charge < -0.3 is 10.3 Å². The average Bonchev–Trinajstić information content (AvgIpc) is 2.57. The minimum atomic E-state index is -0.588. The number of aryl methyl sites for hydroxylation is 1. The molecule has 0 fully saturated rings. The number of amides is 1. The van der Waals surface area contributed by atoms with Gasteiger partial charge in [-0.05, 0) is 43.3 Å². The fraction of sp³-hybridized carbons (Fsp3) is 0.111. The fourth-order valence-electron chi connectivity index (χ4n) is 2.57. The van der Waals surface area contributed by atoms with Crippen molar-refractivity contribution in [3.8, 4) is 0 Å². The summed E-state index contributed by atoms with van der Waals surface area (Å²) in [6.07, 6.45) is 1.35. The number of pyridine rings is 2. The predicted octanol–water partition coefficient (Wildman–Crippen LogP) is 2.18. The van der Waals surface area contributed by atoms with Gasteiger partial charge in [0.2, 0.25) is 11.3 Å². The third-order valence-corrected chi connectivity index (χ3v) is 4.27. The lowest BCUT2D eigenvalue weighted by molar-refractivity contribution is -0.118. The Kier molecular flexibility index (Phi) is 4.50. The number of carbonyl (C=O) groups is 2. The number of nitrogens with two attached hydrogens (primary N) is 1. The zero-order valence-corrected chi connectivity index (χ0v) is 14.9. The summed E-state index contributed by atoms with van der Waals surface area (Å²) in [5.41, 5.74) is 6.24. The number of halogens is 1. The van der Waals surface area contributed by atoms with E-state index in [9.17, 15) is 14.4 Å². The molecule has 0 bridgehead atoms. The molecule has 0 aliphatic heterocycles. The molecule has 0 spiro atoms. The maximum Gasteiger partial charge on any atom is 0.237 e. The number of aromatic nitrogens is 2. The van der Waals surface area contributed by atoms with Crippen LogP contribution in [0.1, 0.15) is 21.6 Å². The molecular weight excluding hydrogens is 386 g/mol. The first-order valence-electron chi connectivity index (χ1n) is 7.46. The van der Waals surface area contributed by atoms with E-state index >= 15 is 0 Å². The molecule has 25 heavy (non-hydrogen) atoms. The fourth-order valence-corrected chi connectivity index (χ4v) is 2.83. The van der Waals surface area contributed by atoms with E-state index < -0.39 is 17.1 Å². The van der Waals surface area contributed by atoms with Crippen molar-refractivity contribution < 1.29 is 9.59 Å². The van der Waals surface area contributed by atoms with Crippen LogP contribution in [0.5, 0.6) is 0 Å². The van der Waals surface area contributed by atoms with E-state index in [1.54, 1.807) is 43.3 Å². The predicted molar refractivity (Wildman–Crippen MR) is 97.5 cm³/mol. The van der Waals surface area contributed by atoms with Gasteiger partial charge in [0.25, 0.3) is 0 Å². The van der Waals surface area contributed by atoms with Gasteiger partial charge in [-0.25, -0.2) is 4.98 Å². The molecule has 3 aromatic rings. The first-order chi connectivity index (χ1) is 11.9. The van der Waals surface area contributed by atoms with E-state index in [2.05, 4.69) is 20.9 Å². The quantitative estimate of drug-likeness (QED) is 0.680. The summed E-state index contributed by atoms with van der Waals surface area (Å²) in [4.78, 5) is 41.2. The van der Waals surface area contributed by atoms with Crippen molar-refractivity contribution in [1.82, 2.24) is 9.55 Å². The van der Waals surface area contributed by atoms with Crippen LogP contribution in [0.2, 0.25) is 0 Å². The summed E-state index contributed by atoms with van der Waals surface area (Å²) in [5, 5.41) is 0.273. The molecular formula is C18H14BrN3O3. The van der Waals surface area contributed by atoms with E-state index in [0.717, 1.165) is 4.47 Å². The second-order valence-corrected chi connectivity index (χ2v) is 6.54. The minimum absolute atomic E-state index is 0.0262. The summed E-state index contributed by atoms with van der Waals surface area (Å²) in [7, 11) is 0. The van der Waals surface area contributed by atoms with Crippen LogP contribution in [-0.2, 0) is 11.3 Å². The van der Waals surface area contributed by atoms with Crippen LogP contribution in [0.4, 0.5) is 0 Å². The summed E-state index contributed by atoms with van der Waals surface area (Å²) < 4.78 is 2.27. The lowest BCUT2D eigenvalue weighted by atomic mass is 10.0. The Bertz CT molecular complexity index is 1060. The maximum absolute atomic E-state index is 12.8. The molecule has 2 aromatic heterocycles. The van der Waals surface area contributed by atoms with Gasteiger partial charge in [0.1, 0.15) is 12.2 Å². The molecule has 0 radical (unpaired) electrons. The molecule has 0 atom stereocenters. The molecule has 7 heteroatoms. The van der Waals surface area contributed by atoms with Crippen molar-refractivity contribution in [3.63, 3.8) is 0 Å². The highest BCUT2D eigenvalue weighted by atomic mass is 79.9. The van der Waals surface area contributed by atoms with E-state index in [0.29, 0.717) is 16.9 Å². The average molecular weight is 400 g/mol. The van der Waals surface area contributed by atoms with Crippen LogP contribution in [0.3, 0.4) is 0 Å². The first kappa shape index (κ1) is 17.0. The van der Waals surface area contributed by atoms with E-state index in [4.69, 9.17) is 5.73 Å². The number of rotatable bonds is 4. The van der Waals surface area contributed by atoms with Gasteiger partial charge in [0, 0.05) is 21.9 Å². The number of ketones is 1. The largest absolute Gasteiger partial charge is 0.368 e. The number of primary amides is 1. The molecule has 0 aliphatic rings. The molecule has 0 aliphatic carbocycles. The van der Waals surface area contributed by atoms with Crippen LogP contribution in [0.25, 0.3) is 11.0 Å². The first-order valence-corrected chi connectivity index (χ1v) is 8.25. The van der Waals surface area contributed by atoms with Crippen LogP contribution in [-0.4, -0.2) is 21.2 Å². The highest BCUT2D eigenvalue weighted by molar-refractivity contribution is 9.10. The molecule has 126 valence electrons. The van der Waals surface area contributed by atoms with Crippen LogP contribution in [0, 0.1) is 6.92 Å². The molecule has 0 saturated heterocycles. The SMILES string of the molecule is Cc1ccc2c(=O)c(C(=O)c3ccc(Br)cc3)cn(CC(N)=O)c2n1. The Morgan fingerprint density at radius 2 is 1.84 bits per heavy atom. The van der Waals surface area contributed by atoms with Crippen LogP contribution < -0.4 is 11.2 Å². The summed E-state index contributed by atoms with van der Waals surface area (Å²) in [5.74, 6) is -1.01. The van der Waals surface area contributed by atoms with Crippen molar-refractivity contribution in [1.29, 1.82) is 0 Å². The van der Waals surface area contributed by atoms with Gasteiger partial charge in [0.15, 0.2) is 5.78 Å². The molecule has 3 rings (SSSR count). The van der Waals surface area contributed by atoms with E-state index in [1.165, 1.54) is 10.8 Å². The van der Waals surface area contributed by atoms with Gasteiger partial charge in [-0.15, -0.1) is 0 Å². The van der Waals surface area contributed by atoms with Gasteiger partial charge >= 0.3 is 0 Å². The van der Waals surface area contributed by atoms with Crippen molar-refractivity contribution in [2.75, 3.05) is 0 Å². The monoisotopic (exact) mass is 399 g/mol. The molecule has 6 nitrogen and oxygen atoms in total. The van der Waals surface area contributed by atoms with Gasteiger partial charge in [0.05, 0.1) is 10.9 Å². The lowest BCUT2D eigenvalue weighted by Gasteiger charge is -2.11. The normalized spacial score (nSPS) is 10.8. The number of hydrogen-bond acceptors (Lipinski definition) is 4. The molecule has 0 unspecified atom stereocenters. The molecule has 1 aromatic carbocycles. The smallest absolute Gasteiger partial charge is 0.237 e. The molecule has 0 saturated carbocycles. The second kappa shape index (κ2) is 6.60. The molecule has 1 amide bonds. The second-order valence-electron chi connectivity index (χ2n) is 5.63. The van der Waals surface area contributed by atoms with Crippen molar-refractivity contribution in [2.45, 2.75) is 13.5 Å². The van der Waals surface area contributed by atoms with Gasteiger partial charge in [-0.2, -0.15) is 0 Å². The number of benzene rings is 1. The van der Waals surface area contributed by atoms with E-state index in [1.807, 2.05) is 0 Å². The standard InChI is InChI=1S/C18H14BrN3O3/c1-10-2-7-13-17(25)14(8-22(9-15(20)23)18(13)21-10)16(24)11-3-5-12(19)6-4-11/h2-8H,9H2,1H3,(H2,20,23). The number of nitrogens with zero attached hydrogens (tertiary/aromatic N) is 2. The van der Waals surface area contributed by atoms with Crippen LogP contribution >= 0.6 is 15.9 Å². The summed E-state index contributed by atoms with van der Waals surface area (Å²) in [6, 6.07) is 9.99. The Morgan fingerprint density at radius 3 is 2.48 bits per heavy atom. The number of fused-ring (bicyclic) bond motifs is 1. The number of hydrogen-bond donors (Lipinski definition) is 1. The topological polar surface area (TPSA) is 95.0 Å². The van der Waals surface area contributed by atoms with Crippen molar-refractivity contribution in [3.05, 3.63) is 74.1 Å². The zero-order chi connectivity index (χ0) is 18.1. The highest BCUT2D eigenvalue weighted by Crippen LogP contribution is 2.16. The maximum atomic E-state index is 12.8. The van der Waals surface area contributed by atoms with Crippen molar-refractivity contribution in [2.24, 2.45) is 5.73 Å². The lowest BCUT2D eigenvalue weighted by Crippen LogP contribution is -2.25. The minimum Gasteiger partial charge on any atom is -0.368 e. The Balaban J connectivity index is 2.24. The zero-order valence-electron chi connectivity index (χ0n) is 13.3. The van der Waals surface area contributed by atoms with Crippen LogP contribution in [0.15, 0.2) is 51.9 Å². The van der Waals surface area contributed by atoms with Gasteiger partial charge in [-0.1, -0.05) is 15.9 Å². The Labute approximate surface area is 151 Å².